The molecule has 4 rings (SSSR count). The molecule has 0 radical (unpaired) electrons. The van der Waals surface area contributed by atoms with Gasteiger partial charge < -0.3 is 5.73 Å². The molecule has 3 nitrogen and oxygen atoms in total. The summed E-state index contributed by atoms with van der Waals surface area (Å²) in [6.07, 6.45) is 0. The molecular formula is C19H21N3S. The number of hydrogen-bond acceptors (Lipinski definition) is 4. The molecule has 1 aromatic heterocycles. The smallest absolute Gasteiger partial charge is 0.0907 e. The van der Waals surface area contributed by atoms with Gasteiger partial charge in [0.05, 0.1) is 15.2 Å². The van der Waals surface area contributed by atoms with Crippen molar-refractivity contribution in [3.05, 3.63) is 64.7 Å². The molecule has 23 heavy (non-hydrogen) atoms. The molecule has 2 aromatic carbocycles. The Morgan fingerprint density at radius 2 is 2.00 bits per heavy atom. The van der Waals surface area contributed by atoms with Gasteiger partial charge in [-0.1, -0.05) is 36.4 Å². The van der Waals surface area contributed by atoms with Crippen LogP contribution in [0, 0.1) is 6.92 Å². The number of hydrogen-bond donors (Lipinski definition) is 1. The van der Waals surface area contributed by atoms with Gasteiger partial charge in [-0.05, 0) is 30.2 Å². The van der Waals surface area contributed by atoms with E-state index in [9.17, 15) is 0 Å². The second kappa shape index (κ2) is 6.04. The monoisotopic (exact) mass is 323 g/mol. The number of nitrogens with two attached hydrogens (primary N) is 1. The number of rotatable bonds is 3. The molecule has 2 N–H and O–H groups in total. The van der Waals surface area contributed by atoms with Crippen molar-refractivity contribution in [1.29, 1.82) is 0 Å². The number of benzene rings is 2. The van der Waals surface area contributed by atoms with E-state index in [0.29, 0.717) is 5.92 Å². The van der Waals surface area contributed by atoms with Gasteiger partial charge in [-0.15, -0.1) is 11.3 Å². The highest BCUT2D eigenvalue weighted by Gasteiger charge is 2.30. The van der Waals surface area contributed by atoms with Gasteiger partial charge in [-0.3, -0.25) is 4.90 Å². The molecule has 1 aliphatic rings. The molecule has 1 fully saturated rings. The number of aryl methyl sites for hydroxylation is 1. The van der Waals surface area contributed by atoms with Gasteiger partial charge >= 0.3 is 0 Å². The maximum atomic E-state index is 6.40. The number of aromatic nitrogens is 1. The van der Waals surface area contributed by atoms with Crippen molar-refractivity contribution >= 4 is 21.6 Å². The number of thiazole rings is 1. The molecular weight excluding hydrogens is 302 g/mol. The molecule has 0 saturated carbocycles. The molecule has 0 spiro atoms. The SMILES string of the molecule is Cc1nc2ccc(CN3C[C@@H](N)[C@H](c4ccccc4)C3)cc2s1. The van der Waals surface area contributed by atoms with Crippen LogP contribution in [0.2, 0.25) is 0 Å². The topological polar surface area (TPSA) is 42.2 Å². The highest BCUT2D eigenvalue weighted by atomic mass is 32.1. The summed E-state index contributed by atoms with van der Waals surface area (Å²) < 4.78 is 1.28. The first-order chi connectivity index (χ1) is 11.2. The fourth-order valence-corrected chi connectivity index (χ4v) is 4.43. The predicted molar refractivity (Wildman–Crippen MR) is 96.8 cm³/mol. The van der Waals surface area contributed by atoms with E-state index in [1.165, 1.54) is 15.8 Å². The van der Waals surface area contributed by atoms with Crippen LogP contribution in [0.3, 0.4) is 0 Å². The molecule has 0 bridgehead atoms. The summed E-state index contributed by atoms with van der Waals surface area (Å²) in [4.78, 5) is 7.00. The zero-order valence-electron chi connectivity index (χ0n) is 13.3. The van der Waals surface area contributed by atoms with E-state index in [0.717, 1.165) is 30.2 Å². The number of nitrogens with zero attached hydrogens (tertiary/aromatic N) is 2. The Balaban J connectivity index is 1.50. The molecule has 1 saturated heterocycles. The summed E-state index contributed by atoms with van der Waals surface area (Å²) in [7, 11) is 0. The molecule has 0 amide bonds. The van der Waals surface area contributed by atoms with Gasteiger partial charge in [0.2, 0.25) is 0 Å². The van der Waals surface area contributed by atoms with E-state index < -0.39 is 0 Å². The minimum atomic E-state index is 0.215. The van der Waals surface area contributed by atoms with Crippen LogP contribution >= 0.6 is 11.3 Å². The lowest BCUT2D eigenvalue weighted by molar-refractivity contribution is 0.324. The van der Waals surface area contributed by atoms with Crippen molar-refractivity contribution in [2.45, 2.75) is 25.4 Å². The third-order valence-corrected chi connectivity index (χ3v) is 5.57. The van der Waals surface area contributed by atoms with Crippen LogP contribution in [-0.2, 0) is 6.54 Å². The Morgan fingerprint density at radius 3 is 2.83 bits per heavy atom. The summed E-state index contributed by atoms with van der Waals surface area (Å²) in [6.45, 7) is 5.02. The fourth-order valence-electron chi connectivity index (χ4n) is 3.54. The first kappa shape index (κ1) is 14.8. The summed E-state index contributed by atoms with van der Waals surface area (Å²) in [5.41, 5.74) is 10.2. The minimum Gasteiger partial charge on any atom is -0.326 e. The molecule has 2 atom stereocenters. The molecule has 3 aromatic rings. The molecule has 0 unspecified atom stereocenters. The van der Waals surface area contributed by atoms with Crippen LogP contribution < -0.4 is 5.73 Å². The van der Waals surface area contributed by atoms with E-state index in [1.54, 1.807) is 11.3 Å². The summed E-state index contributed by atoms with van der Waals surface area (Å²) >= 11 is 1.77. The van der Waals surface area contributed by atoms with Gasteiger partial charge in [-0.25, -0.2) is 4.98 Å². The Kier molecular flexibility index (Phi) is 3.89. The van der Waals surface area contributed by atoms with Crippen molar-refractivity contribution in [2.75, 3.05) is 13.1 Å². The van der Waals surface area contributed by atoms with Crippen LogP contribution in [0.25, 0.3) is 10.2 Å². The standard InChI is InChI=1S/C19H21N3S/c1-13-21-18-8-7-14(9-19(18)23-13)10-22-11-16(17(20)12-22)15-5-3-2-4-6-15/h2-9,16-17H,10-12,20H2,1H3/t16-,17+/m0/s1. The second-order valence-corrected chi connectivity index (χ2v) is 7.64. The molecule has 4 heteroatoms. The maximum absolute atomic E-state index is 6.40. The Labute approximate surface area is 140 Å². The lowest BCUT2D eigenvalue weighted by Crippen LogP contribution is -2.28. The first-order valence-corrected chi connectivity index (χ1v) is 8.89. The maximum Gasteiger partial charge on any atom is 0.0907 e. The third-order valence-electron chi connectivity index (χ3n) is 4.63. The zero-order valence-corrected chi connectivity index (χ0v) is 14.1. The molecule has 0 aliphatic carbocycles. The average Bonchev–Trinajstić information content (AvgIpc) is 3.09. The zero-order chi connectivity index (χ0) is 15.8. The summed E-state index contributed by atoms with van der Waals surface area (Å²) in [5.74, 6) is 0.436. The van der Waals surface area contributed by atoms with E-state index in [-0.39, 0.29) is 6.04 Å². The Morgan fingerprint density at radius 1 is 1.17 bits per heavy atom. The largest absolute Gasteiger partial charge is 0.326 e. The van der Waals surface area contributed by atoms with E-state index in [1.807, 2.05) is 0 Å². The van der Waals surface area contributed by atoms with Gasteiger partial charge in [0.15, 0.2) is 0 Å². The number of fused-ring (bicyclic) bond motifs is 1. The van der Waals surface area contributed by atoms with Crippen molar-refractivity contribution in [2.24, 2.45) is 5.73 Å². The van der Waals surface area contributed by atoms with E-state index >= 15 is 0 Å². The van der Waals surface area contributed by atoms with Crippen LogP contribution in [0.1, 0.15) is 22.1 Å². The Hall–Kier alpha value is -1.75. The normalized spacial score (nSPS) is 22.0. The predicted octanol–water partition coefficient (Wildman–Crippen LogP) is 3.53. The van der Waals surface area contributed by atoms with Crippen molar-refractivity contribution in [3.63, 3.8) is 0 Å². The molecule has 1 aliphatic heterocycles. The average molecular weight is 323 g/mol. The van der Waals surface area contributed by atoms with Gasteiger partial charge in [0, 0.05) is 31.6 Å². The van der Waals surface area contributed by atoms with Crippen LogP contribution in [0.15, 0.2) is 48.5 Å². The third kappa shape index (κ3) is 3.02. The summed E-state index contributed by atoms with van der Waals surface area (Å²) in [6, 6.07) is 17.5. The van der Waals surface area contributed by atoms with Crippen molar-refractivity contribution in [3.8, 4) is 0 Å². The minimum absolute atomic E-state index is 0.215. The lowest BCUT2D eigenvalue weighted by atomic mass is 9.95. The number of likely N-dealkylation sites (tertiary alicyclic amines) is 1. The van der Waals surface area contributed by atoms with Crippen molar-refractivity contribution in [1.82, 2.24) is 9.88 Å². The highest BCUT2D eigenvalue weighted by Crippen LogP contribution is 2.28. The van der Waals surface area contributed by atoms with Crippen molar-refractivity contribution < 1.29 is 0 Å². The van der Waals surface area contributed by atoms with Crippen LogP contribution in [-0.4, -0.2) is 29.0 Å². The van der Waals surface area contributed by atoms with Gasteiger partial charge in [-0.2, -0.15) is 0 Å². The van der Waals surface area contributed by atoms with Crippen LogP contribution in [0.5, 0.6) is 0 Å². The van der Waals surface area contributed by atoms with Crippen LogP contribution in [0.4, 0.5) is 0 Å². The first-order valence-electron chi connectivity index (χ1n) is 8.08. The van der Waals surface area contributed by atoms with Gasteiger partial charge in [0.1, 0.15) is 0 Å². The molecule has 118 valence electrons. The quantitative estimate of drug-likeness (QED) is 0.802. The highest BCUT2D eigenvalue weighted by molar-refractivity contribution is 7.18. The van der Waals surface area contributed by atoms with E-state index in [4.69, 9.17) is 5.73 Å². The lowest BCUT2D eigenvalue weighted by Gasteiger charge is -2.16. The Bertz CT molecular complexity index is 812. The second-order valence-electron chi connectivity index (χ2n) is 6.41. The van der Waals surface area contributed by atoms with E-state index in [2.05, 4.69) is 65.3 Å². The fraction of sp³-hybridized carbons (Fsp3) is 0.316. The summed E-state index contributed by atoms with van der Waals surface area (Å²) in [5, 5.41) is 1.13. The van der Waals surface area contributed by atoms with Gasteiger partial charge in [0.25, 0.3) is 0 Å². The molecule has 2 heterocycles.